The van der Waals surface area contributed by atoms with Crippen molar-refractivity contribution in [3.05, 3.63) is 58.0 Å². The normalized spacial score (nSPS) is 16.7. The maximum absolute atomic E-state index is 12.9. The Kier molecular flexibility index (Phi) is 5.99. The van der Waals surface area contributed by atoms with E-state index >= 15 is 0 Å². The SMILES string of the molecule is O=C(Cc1ccc(F)cc1)NCC(c1ccsc1)N1CCCCC1. The fraction of sp³-hybridized carbons (Fsp3) is 0.421. The van der Waals surface area contributed by atoms with Crippen molar-refractivity contribution < 1.29 is 9.18 Å². The number of carbonyl (C=O) groups is 1. The second-order valence-electron chi connectivity index (χ2n) is 6.28. The molecule has 1 amide bonds. The van der Waals surface area contributed by atoms with Crippen LogP contribution in [0.25, 0.3) is 0 Å². The number of carbonyl (C=O) groups excluding carboxylic acids is 1. The van der Waals surface area contributed by atoms with E-state index in [1.165, 1.54) is 37.0 Å². The lowest BCUT2D eigenvalue weighted by Crippen LogP contribution is -2.40. The van der Waals surface area contributed by atoms with Crippen LogP contribution in [0.15, 0.2) is 41.1 Å². The lowest BCUT2D eigenvalue weighted by atomic mass is 10.0. The van der Waals surface area contributed by atoms with Crippen LogP contribution < -0.4 is 5.32 Å². The second kappa shape index (κ2) is 8.40. The standard InChI is InChI=1S/C19H23FN2OS/c20-17-6-4-15(5-7-17)12-19(23)21-13-18(16-8-11-24-14-16)22-9-2-1-3-10-22/h4-8,11,14,18H,1-3,9-10,12-13H2,(H,21,23). The number of nitrogens with one attached hydrogen (secondary N) is 1. The number of piperidine rings is 1. The molecule has 2 heterocycles. The number of hydrogen-bond acceptors (Lipinski definition) is 3. The Morgan fingerprint density at radius 3 is 2.58 bits per heavy atom. The molecule has 1 fully saturated rings. The van der Waals surface area contributed by atoms with Gasteiger partial charge in [-0.2, -0.15) is 11.3 Å². The number of benzene rings is 1. The minimum Gasteiger partial charge on any atom is -0.354 e. The number of rotatable bonds is 6. The van der Waals surface area contributed by atoms with E-state index in [1.807, 2.05) is 0 Å². The van der Waals surface area contributed by atoms with Gasteiger partial charge in [-0.3, -0.25) is 9.69 Å². The van der Waals surface area contributed by atoms with E-state index < -0.39 is 0 Å². The molecular weight excluding hydrogens is 323 g/mol. The highest BCUT2D eigenvalue weighted by molar-refractivity contribution is 7.07. The Hall–Kier alpha value is -1.72. The van der Waals surface area contributed by atoms with E-state index in [1.54, 1.807) is 23.5 Å². The van der Waals surface area contributed by atoms with Gasteiger partial charge in [-0.15, -0.1) is 0 Å². The molecule has 1 aliphatic heterocycles. The minimum absolute atomic E-state index is 0.0150. The maximum atomic E-state index is 12.9. The summed E-state index contributed by atoms with van der Waals surface area (Å²) in [6, 6.07) is 8.50. The van der Waals surface area contributed by atoms with Gasteiger partial charge in [-0.05, 0) is 66.0 Å². The minimum atomic E-state index is -0.276. The molecule has 5 heteroatoms. The monoisotopic (exact) mass is 346 g/mol. The topological polar surface area (TPSA) is 32.3 Å². The Bertz CT molecular complexity index is 636. The summed E-state index contributed by atoms with van der Waals surface area (Å²) < 4.78 is 12.9. The summed E-state index contributed by atoms with van der Waals surface area (Å²) >= 11 is 1.70. The molecule has 24 heavy (non-hydrogen) atoms. The first-order valence-corrected chi connectivity index (χ1v) is 9.44. The number of amides is 1. The van der Waals surface area contributed by atoms with Crippen LogP contribution in [-0.2, 0) is 11.2 Å². The van der Waals surface area contributed by atoms with Crippen LogP contribution in [0.2, 0.25) is 0 Å². The van der Waals surface area contributed by atoms with Crippen molar-refractivity contribution in [2.24, 2.45) is 0 Å². The summed E-state index contributed by atoms with van der Waals surface area (Å²) in [6.45, 7) is 2.81. The molecule has 0 spiro atoms. The van der Waals surface area contributed by atoms with Crippen LogP contribution in [0, 0.1) is 5.82 Å². The van der Waals surface area contributed by atoms with Crippen molar-refractivity contribution >= 4 is 17.2 Å². The van der Waals surface area contributed by atoms with Crippen LogP contribution in [0.3, 0.4) is 0 Å². The third kappa shape index (κ3) is 4.65. The van der Waals surface area contributed by atoms with E-state index in [2.05, 4.69) is 27.0 Å². The predicted molar refractivity (Wildman–Crippen MR) is 95.6 cm³/mol. The van der Waals surface area contributed by atoms with Crippen LogP contribution in [0.4, 0.5) is 4.39 Å². The fourth-order valence-electron chi connectivity index (χ4n) is 3.21. The number of halogens is 1. The molecule has 1 atom stereocenters. The quantitative estimate of drug-likeness (QED) is 0.863. The molecule has 128 valence electrons. The highest BCUT2D eigenvalue weighted by Gasteiger charge is 2.23. The lowest BCUT2D eigenvalue weighted by Gasteiger charge is -2.34. The second-order valence-corrected chi connectivity index (χ2v) is 7.06. The first kappa shape index (κ1) is 17.1. The number of nitrogens with zero attached hydrogens (tertiary/aromatic N) is 1. The third-order valence-electron chi connectivity index (χ3n) is 4.53. The van der Waals surface area contributed by atoms with Gasteiger partial charge in [0.05, 0.1) is 12.5 Å². The Balaban J connectivity index is 1.58. The van der Waals surface area contributed by atoms with Gasteiger partial charge in [0.25, 0.3) is 0 Å². The number of likely N-dealkylation sites (tertiary alicyclic amines) is 1. The molecule has 0 saturated carbocycles. The zero-order valence-electron chi connectivity index (χ0n) is 13.7. The van der Waals surface area contributed by atoms with Crippen LogP contribution in [0.5, 0.6) is 0 Å². The average molecular weight is 346 g/mol. The van der Waals surface area contributed by atoms with Crippen molar-refractivity contribution in [1.29, 1.82) is 0 Å². The van der Waals surface area contributed by atoms with E-state index in [4.69, 9.17) is 0 Å². The van der Waals surface area contributed by atoms with Crippen LogP contribution in [0.1, 0.15) is 36.4 Å². The molecule has 1 aromatic heterocycles. The molecule has 1 saturated heterocycles. The van der Waals surface area contributed by atoms with Crippen LogP contribution in [-0.4, -0.2) is 30.4 Å². The molecule has 1 aliphatic rings. The van der Waals surface area contributed by atoms with Crippen molar-refractivity contribution in [2.75, 3.05) is 19.6 Å². The van der Waals surface area contributed by atoms with Crippen molar-refractivity contribution in [3.8, 4) is 0 Å². The Morgan fingerprint density at radius 2 is 1.92 bits per heavy atom. The van der Waals surface area contributed by atoms with E-state index in [0.29, 0.717) is 6.54 Å². The number of thiophene rings is 1. The van der Waals surface area contributed by atoms with Gasteiger partial charge in [0.2, 0.25) is 5.91 Å². The van der Waals surface area contributed by atoms with Gasteiger partial charge in [0, 0.05) is 6.54 Å². The summed E-state index contributed by atoms with van der Waals surface area (Å²) in [7, 11) is 0. The van der Waals surface area contributed by atoms with Crippen LogP contribution >= 0.6 is 11.3 Å². The van der Waals surface area contributed by atoms with Gasteiger partial charge in [-0.25, -0.2) is 4.39 Å². The zero-order chi connectivity index (χ0) is 16.8. The van der Waals surface area contributed by atoms with E-state index in [9.17, 15) is 9.18 Å². The molecule has 0 bridgehead atoms. The molecule has 1 N–H and O–H groups in total. The molecule has 3 rings (SSSR count). The summed E-state index contributed by atoms with van der Waals surface area (Å²) in [4.78, 5) is 14.7. The maximum Gasteiger partial charge on any atom is 0.224 e. The first-order chi connectivity index (χ1) is 11.7. The van der Waals surface area contributed by atoms with Crippen molar-refractivity contribution in [1.82, 2.24) is 10.2 Å². The van der Waals surface area contributed by atoms with Crippen molar-refractivity contribution in [2.45, 2.75) is 31.7 Å². The fourth-order valence-corrected chi connectivity index (χ4v) is 3.92. The predicted octanol–water partition coefficient (Wildman–Crippen LogP) is 3.77. The zero-order valence-corrected chi connectivity index (χ0v) is 14.5. The lowest BCUT2D eigenvalue weighted by molar-refractivity contribution is -0.120. The summed E-state index contributed by atoms with van der Waals surface area (Å²) in [6.07, 6.45) is 4.04. The van der Waals surface area contributed by atoms with E-state index in [-0.39, 0.29) is 24.2 Å². The molecule has 3 nitrogen and oxygen atoms in total. The average Bonchev–Trinajstić information content (AvgIpc) is 3.12. The van der Waals surface area contributed by atoms with Gasteiger partial charge in [0.1, 0.15) is 5.82 Å². The third-order valence-corrected chi connectivity index (χ3v) is 5.23. The highest BCUT2D eigenvalue weighted by atomic mass is 32.1. The molecule has 2 aromatic rings. The Labute approximate surface area is 146 Å². The summed E-state index contributed by atoms with van der Waals surface area (Å²) in [5.41, 5.74) is 2.11. The summed E-state index contributed by atoms with van der Waals surface area (Å²) in [5, 5.41) is 7.32. The van der Waals surface area contributed by atoms with Gasteiger partial charge >= 0.3 is 0 Å². The molecule has 1 aromatic carbocycles. The summed E-state index contributed by atoms with van der Waals surface area (Å²) in [5.74, 6) is -0.291. The largest absolute Gasteiger partial charge is 0.354 e. The Morgan fingerprint density at radius 1 is 1.17 bits per heavy atom. The highest BCUT2D eigenvalue weighted by Crippen LogP contribution is 2.25. The van der Waals surface area contributed by atoms with Crippen molar-refractivity contribution in [3.63, 3.8) is 0 Å². The van der Waals surface area contributed by atoms with E-state index in [0.717, 1.165) is 18.7 Å². The smallest absolute Gasteiger partial charge is 0.224 e. The molecule has 0 aliphatic carbocycles. The molecule has 1 unspecified atom stereocenters. The van der Waals surface area contributed by atoms with Gasteiger partial charge in [0.15, 0.2) is 0 Å². The molecule has 0 radical (unpaired) electrons. The molecular formula is C19H23FN2OS. The first-order valence-electron chi connectivity index (χ1n) is 8.49. The van der Waals surface area contributed by atoms with Gasteiger partial charge < -0.3 is 5.32 Å². The number of hydrogen-bond donors (Lipinski definition) is 1. The van der Waals surface area contributed by atoms with Gasteiger partial charge in [-0.1, -0.05) is 18.6 Å².